The van der Waals surface area contributed by atoms with E-state index in [4.69, 9.17) is 0 Å². The molecule has 0 aliphatic carbocycles. The third-order valence-corrected chi connectivity index (χ3v) is 6.32. The molecule has 0 unspecified atom stereocenters. The first-order valence-electron chi connectivity index (χ1n) is 9.95. The Labute approximate surface area is 176 Å². The van der Waals surface area contributed by atoms with E-state index in [0.717, 1.165) is 43.2 Å². The summed E-state index contributed by atoms with van der Waals surface area (Å²) in [5, 5.41) is 0. The lowest BCUT2D eigenvalue weighted by Crippen LogP contribution is -2.44. The van der Waals surface area contributed by atoms with Crippen molar-refractivity contribution in [3.05, 3.63) is 65.1 Å². The number of imide groups is 1. The van der Waals surface area contributed by atoms with E-state index in [-0.39, 0.29) is 11.8 Å². The molecule has 0 atom stereocenters. The summed E-state index contributed by atoms with van der Waals surface area (Å²) in [5.41, 5.74) is 3.04. The maximum absolute atomic E-state index is 13.2. The summed E-state index contributed by atoms with van der Waals surface area (Å²) in [4.78, 5) is 32.9. The Morgan fingerprint density at radius 2 is 1.45 bits per heavy atom. The Balaban J connectivity index is 1.61. The highest BCUT2D eigenvalue weighted by molar-refractivity contribution is 8.04. The molecule has 0 spiro atoms. The molecular weight excluding hydrogens is 382 g/mol. The summed E-state index contributed by atoms with van der Waals surface area (Å²) in [6.45, 7) is 6.02. The maximum atomic E-state index is 13.2. The van der Waals surface area contributed by atoms with Gasteiger partial charge in [-0.3, -0.25) is 9.59 Å². The van der Waals surface area contributed by atoms with Gasteiger partial charge in [0.15, 0.2) is 0 Å². The average molecular weight is 408 g/mol. The molecule has 0 N–H and O–H groups in total. The second-order valence-electron chi connectivity index (χ2n) is 7.26. The average Bonchev–Trinajstić information content (AvgIpc) is 2.99. The molecule has 1 saturated heterocycles. The molecule has 2 aromatic rings. The third kappa shape index (κ3) is 3.82. The Bertz CT molecular complexity index is 932. The molecule has 6 heteroatoms. The monoisotopic (exact) mass is 407 g/mol. The summed E-state index contributed by atoms with van der Waals surface area (Å²) >= 11 is 1.43. The SMILES string of the molecule is CCSC1=C(c2ccccc2)C(=O)N(c2ccc(N3CCN(C)CC3)cc2)C1=O. The quantitative estimate of drug-likeness (QED) is 0.710. The van der Waals surface area contributed by atoms with E-state index in [2.05, 4.69) is 16.8 Å². The third-order valence-electron chi connectivity index (χ3n) is 5.37. The predicted octanol–water partition coefficient (Wildman–Crippen LogP) is 3.48. The van der Waals surface area contributed by atoms with Crippen LogP contribution in [-0.4, -0.2) is 55.7 Å². The van der Waals surface area contributed by atoms with Gasteiger partial charge in [-0.1, -0.05) is 37.3 Å². The molecule has 4 rings (SSSR count). The van der Waals surface area contributed by atoms with Crippen molar-refractivity contribution in [1.82, 2.24) is 4.90 Å². The normalized spacial score (nSPS) is 18.1. The Kier molecular flexibility index (Phi) is 5.74. The van der Waals surface area contributed by atoms with Crippen LogP contribution in [-0.2, 0) is 9.59 Å². The highest BCUT2D eigenvalue weighted by Crippen LogP contribution is 2.38. The standard InChI is InChI=1S/C23H25N3O2S/c1-3-29-21-20(17-7-5-4-6-8-17)22(27)26(23(21)28)19-11-9-18(10-12-19)25-15-13-24(2)14-16-25/h4-12H,3,13-16H2,1-2H3. The fraction of sp³-hybridized carbons (Fsp3) is 0.304. The van der Waals surface area contributed by atoms with E-state index in [0.29, 0.717) is 16.2 Å². The zero-order valence-corrected chi connectivity index (χ0v) is 17.6. The minimum absolute atomic E-state index is 0.229. The van der Waals surface area contributed by atoms with Crippen molar-refractivity contribution in [2.45, 2.75) is 6.92 Å². The number of likely N-dealkylation sites (N-methyl/N-ethyl adjacent to an activating group) is 1. The summed E-state index contributed by atoms with van der Waals surface area (Å²) in [6.07, 6.45) is 0. The molecular formula is C23H25N3O2S. The number of piperazine rings is 1. The first-order chi connectivity index (χ1) is 14.1. The van der Waals surface area contributed by atoms with E-state index in [1.807, 2.05) is 61.5 Å². The van der Waals surface area contributed by atoms with Crippen LogP contribution in [0.2, 0.25) is 0 Å². The molecule has 1 fully saturated rings. The van der Waals surface area contributed by atoms with Crippen molar-refractivity contribution < 1.29 is 9.59 Å². The Morgan fingerprint density at radius 3 is 2.07 bits per heavy atom. The molecule has 0 aromatic heterocycles. The molecule has 150 valence electrons. The Morgan fingerprint density at radius 1 is 0.828 bits per heavy atom. The topological polar surface area (TPSA) is 43.9 Å². The lowest BCUT2D eigenvalue weighted by Gasteiger charge is -2.34. The molecule has 0 bridgehead atoms. The van der Waals surface area contributed by atoms with Gasteiger partial charge in [-0.2, -0.15) is 0 Å². The van der Waals surface area contributed by atoms with Crippen LogP contribution in [0.4, 0.5) is 11.4 Å². The van der Waals surface area contributed by atoms with E-state index >= 15 is 0 Å². The number of amides is 2. The first kappa shape index (κ1) is 19.7. The van der Waals surface area contributed by atoms with Crippen molar-refractivity contribution >= 4 is 40.5 Å². The van der Waals surface area contributed by atoms with Crippen LogP contribution in [0, 0.1) is 0 Å². The van der Waals surface area contributed by atoms with Gasteiger partial charge in [0, 0.05) is 31.9 Å². The van der Waals surface area contributed by atoms with Gasteiger partial charge in [0.25, 0.3) is 11.8 Å². The molecule has 2 aromatic carbocycles. The van der Waals surface area contributed by atoms with Gasteiger partial charge in [0.2, 0.25) is 0 Å². The van der Waals surface area contributed by atoms with E-state index < -0.39 is 0 Å². The van der Waals surface area contributed by atoms with Crippen LogP contribution in [0.1, 0.15) is 12.5 Å². The van der Waals surface area contributed by atoms with E-state index in [1.54, 1.807) is 0 Å². The second kappa shape index (κ2) is 8.43. The van der Waals surface area contributed by atoms with Crippen molar-refractivity contribution in [1.29, 1.82) is 0 Å². The zero-order chi connectivity index (χ0) is 20.4. The maximum Gasteiger partial charge on any atom is 0.272 e. The first-order valence-corrected chi connectivity index (χ1v) is 10.9. The number of carbonyl (C=O) groups excluding carboxylic acids is 2. The summed E-state index contributed by atoms with van der Waals surface area (Å²) < 4.78 is 0. The number of benzene rings is 2. The fourth-order valence-corrected chi connectivity index (χ4v) is 4.61. The summed E-state index contributed by atoms with van der Waals surface area (Å²) in [5.74, 6) is 0.262. The highest BCUT2D eigenvalue weighted by atomic mass is 32.2. The van der Waals surface area contributed by atoms with Crippen molar-refractivity contribution in [3.63, 3.8) is 0 Å². The predicted molar refractivity (Wildman–Crippen MR) is 120 cm³/mol. The summed E-state index contributed by atoms with van der Waals surface area (Å²) in [7, 11) is 2.13. The van der Waals surface area contributed by atoms with Crippen LogP contribution >= 0.6 is 11.8 Å². The van der Waals surface area contributed by atoms with Gasteiger partial charge in [-0.15, -0.1) is 11.8 Å². The number of hydrogen-bond acceptors (Lipinski definition) is 5. The fourth-order valence-electron chi connectivity index (χ4n) is 3.76. The molecule has 5 nitrogen and oxygen atoms in total. The highest BCUT2D eigenvalue weighted by Gasteiger charge is 2.39. The van der Waals surface area contributed by atoms with Crippen molar-refractivity contribution in [2.75, 3.05) is 48.8 Å². The number of anilines is 2. The zero-order valence-electron chi connectivity index (χ0n) is 16.8. The van der Waals surface area contributed by atoms with Gasteiger partial charge in [0.1, 0.15) is 0 Å². The van der Waals surface area contributed by atoms with Crippen LogP contribution in [0.25, 0.3) is 5.57 Å². The van der Waals surface area contributed by atoms with Crippen molar-refractivity contribution in [2.24, 2.45) is 0 Å². The van der Waals surface area contributed by atoms with Gasteiger partial charge in [-0.25, -0.2) is 4.90 Å². The molecule has 2 aliphatic rings. The molecule has 2 aliphatic heterocycles. The number of carbonyl (C=O) groups is 2. The lowest BCUT2D eigenvalue weighted by molar-refractivity contribution is -0.119. The number of rotatable bonds is 5. The largest absolute Gasteiger partial charge is 0.369 e. The molecule has 0 saturated carbocycles. The Hall–Kier alpha value is -2.57. The van der Waals surface area contributed by atoms with Gasteiger partial charge < -0.3 is 9.80 Å². The van der Waals surface area contributed by atoms with Gasteiger partial charge in [-0.05, 0) is 42.6 Å². The lowest BCUT2D eigenvalue weighted by atomic mass is 10.1. The van der Waals surface area contributed by atoms with Gasteiger partial charge >= 0.3 is 0 Å². The minimum Gasteiger partial charge on any atom is -0.369 e. The number of thioether (sulfide) groups is 1. The number of hydrogen-bond donors (Lipinski definition) is 0. The van der Waals surface area contributed by atoms with Crippen LogP contribution in [0.3, 0.4) is 0 Å². The van der Waals surface area contributed by atoms with Crippen molar-refractivity contribution in [3.8, 4) is 0 Å². The smallest absolute Gasteiger partial charge is 0.272 e. The minimum atomic E-state index is -0.246. The molecule has 2 heterocycles. The molecule has 0 radical (unpaired) electrons. The summed E-state index contributed by atoms with van der Waals surface area (Å²) in [6, 6.07) is 17.2. The molecule has 2 amide bonds. The second-order valence-corrected chi connectivity index (χ2v) is 8.53. The van der Waals surface area contributed by atoms with E-state index in [9.17, 15) is 9.59 Å². The molecule has 29 heavy (non-hydrogen) atoms. The van der Waals surface area contributed by atoms with Crippen LogP contribution in [0.5, 0.6) is 0 Å². The van der Waals surface area contributed by atoms with Gasteiger partial charge in [0.05, 0.1) is 16.2 Å². The van der Waals surface area contributed by atoms with Crippen LogP contribution in [0.15, 0.2) is 59.5 Å². The van der Waals surface area contributed by atoms with E-state index in [1.165, 1.54) is 16.7 Å². The van der Waals surface area contributed by atoms with Crippen LogP contribution < -0.4 is 9.80 Å². The number of nitrogens with zero attached hydrogens (tertiary/aromatic N) is 3.